The summed E-state index contributed by atoms with van der Waals surface area (Å²) in [6.45, 7) is 2.86. The van der Waals surface area contributed by atoms with Gasteiger partial charge in [0.15, 0.2) is 5.11 Å². The van der Waals surface area contributed by atoms with Gasteiger partial charge in [0.2, 0.25) is 0 Å². The average Bonchev–Trinajstić information content (AvgIpc) is 2.66. The second kappa shape index (κ2) is 3.98. The van der Waals surface area contributed by atoms with E-state index < -0.39 is 0 Å². The first-order chi connectivity index (χ1) is 7.16. The van der Waals surface area contributed by atoms with Gasteiger partial charge >= 0.3 is 0 Å². The summed E-state index contributed by atoms with van der Waals surface area (Å²) in [6, 6.07) is 8.30. The number of aryl methyl sites for hydroxylation is 1. The van der Waals surface area contributed by atoms with E-state index >= 15 is 0 Å². The number of hydrazone groups is 1. The van der Waals surface area contributed by atoms with Gasteiger partial charge in [0.1, 0.15) is 0 Å². The van der Waals surface area contributed by atoms with Crippen molar-refractivity contribution in [3.63, 3.8) is 0 Å². The zero-order valence-electron chi connectivity index (χ0n) is 8.60. The summed E-state index contributed by atoms with van der Waals surface area (Å²) < 4.78 is 0. The van der Waals surface area contributed by atoms with E-state index in [1.807, 2.05) is 6.07 Å². The van der Waals surface area contributed by atoms with Gasteiger partial charge < -0.3 is 5.73 Å². The normalized spacial score (nSPS) is 15.3. The molecular weight excluding hydrogens is 206 g/mol. The first-order valence-electron chi connectivity index (χ1n) is 4.88. The number of hydrogen-bond acceptors (Lipinski definition) is 2. The van der Waals surface area contributed by atoms with Gasteiger partial charge in [0, 0.05) is 13.0 Å². The van der Waals surface area contributed by atoms with Crippen LogP contribution in [0.25, 0.3) is 0 Å². The van der Waals surface area contributed by atoms with Gasteiger partial charge in [-0.2, -0.15) is 5.10 Å². The molecule has 0 amide bonds. The summed E-state index contributed by atoms with van der Waals surface area (Å²) >= 11 is 4.88. The second-order valence-corrected chi connectivity index (χ2v) is 4.05. The Labute approximate surface area is 94.6 Å². The number of nitrogens with two attached hydrogens (primary N) is 1. The molecule has 0 bridgehead atoms. The molecule has 1 heterocycles. The minimum absolute atomic E-state index is 0.345. The van der Waals surface area contributed by atoms with Gasteiger partial charge in [-0.1, -0.05) is 29.8 Å². The monoisotopic (exact) mass is 219 g/mol. The van der Waals surface area contributed by atoms with Crippen molar-refractivity contribution in [1.82, 2.24) is 5.01 Å². The van der Waals surface area contributed by atoms with Crippen molar-refractivity contribution in [2.75, 3.05) is 6.54 Å². The van der Waals surface area contributed by atoms with E-state index in [9.17, 15) is 0 Å². The number of thiocarbonyl (C=S) groups is 1. The third-order valence-electron chi connectivity index (χ3n) is 2.41. The van der Waals surface area contributed by atoms with Crippen LogP contribution >= 0.6 is 12.2 Å². The Kier molecular flexibility index (Phi) is 2.68. The molecule has 0 atom stereocenters. The number of nitrogens with zero attached hydrogens (tertiary/aromatic N) is 2. The lowest BCUT2D eigenvalue weighted by Gasteiger charge is -2.08. The van der Waals surface area contributed by atoms with E-state index in [2.05, 4.69) is 30.2 Å². The maximum absolute atomic E-state index is 5.52. The van der Waals surface area contributed by atoms with E-state index in [0.29, 0.717) is 5.11 Å². The van der Waals surface area contributed by atoms with Gasteiger partial charge in [0.05, 0.1) is 5.71 Å². The Morgan fingerprint density at radius 1 is 1.53 bits per heavy atom. The quantitative estimate of drug-likeness (QED) is 0.730. The summed E-state index contributed by atoms with van der Waals surface area (Å²) in [6.07, 6.45) is 0.904. The lowest BCUT2D eigenvalue weighted by atomic mass is 10.1. The largest absolute Gasteiger partial charge is 0.375 e. The van der Waals surface area contributed by atoms with Gasteiger partial charge in [-0.25, -0.2) is 5.01 Å². The molecule has 0 aromatic heterocycles. The predicted molar refractivity (Wildman–Crippen MR) is 65.8 cm³/mol. The fraction of sp³-hybridized carbons (Fsp3) is 0.273. The number of hydrogen-bond donors (Lipinski definition) is 1. The molecule has 2 N–H and O–H groups in total. The van der Waals surface area contributed by atoms with Crippen LogP contribution in [0.2, 0.25) is 0 Å². The Hall–Kier alpha value is -1.42. The van der Waals surface area contributed by atoms with E-state index in [4.69, 9.17) is 18.0 Å². The molecule has 0 saturated heterocycles. The topological polar surface area (TPSA) is 41.6 Å². The first-order valence-corrected chi connectivity index (χ1v) is 5.29. The minimum atomic E-state index is 0.345. The molecule has 0 radical (unpaired) electrons. The van der Waals surface area contributed by atoms with Crippen molar-refractivity contribution in [2.24, 2.45) is 10.8 Å². The van der Waals surface area contributed by atoms with Crippen LogP contribution in [0.4, 0.5) is 0 Å². The Morgan fingerprint density at radius 3 is 2.93 bits per heavy atom. The molecule has 2 rings (SSSR count). The average molecular weight is 219 g/mol. The van der Waals surface area contributed by atoms with Crippen molar-refractivity contribution in [1.29, 1.82) is 0 Å². The minimum Gasteiger partial charge on any atom is -0.375 e. The van der Waals surface area contributed by atoms with Crippen LogP contribution in [0.1, 0.15) is 17.5 Å². The highest BCUT2D eigenvalue weighted by Crippen LogP contribution is 2.14. The van der Waals surface area contributed by atoms with Gasteiger partial charge in [-0.15, -0.1) is 0 Å². The lowest BCUT2D eigenvalue weighted by molar-refractivity contribution is 0.495. The molecule has 1 aromatic carbocycles. The summed E-state index contributed by atoms with van der Waals surface area (Å²) in [5, 5.41) is 6.40. The fourth-order valence-corrected chi connectivity index (χ4v) is 1.78. The van der Waals surface area contributed by atoms with Crippen molar-refractivity contribution in [3.05, 3.63) is 35.4 Å². The molecule has 1 aliphatic rings. The zero-order valence-corrected chi connectivity index (χ0v) is 9.42. The summed E-state index contributed by atoms with van der Waals surface area (Å²) in [5.41, 5.74) is 8.98. The van der Waals surface area contributed by atoms with Crippen molar-refractivity contribution in [2.45, 2.75) is 13.3 Å². The molecular formula is C11H13N3S. The van der Waals surface area contributed by atoms with Gasteiger partial charge in [-0.05, 0) is 24.7 Å². The number of benzene rings is 1. The second-order valence-electron chi connectivity index (χ2n) is 3.63. The van der Waals surface area contributed by atoms with Crippen LogP contribution in [0.15, 0.2) is 29.4 Å². The highest BCUT2D eigenvalue weighted by Gasteiger charge is 2.17. The fourth-order valence-electron chi connectivity index (χ4n) is 1.64. The third kappa shape index (κ3) is 2.15. The van der Waals surface area contributed by atoms with Crippen molar-refractivity contribution in [3.8, 4) is 0 Å². The molecule has 3 nitrogen and oxygen atoms in total. The van der Waals surface area contributed by atoms with E-state index in [1.54, 1.807) is 5.01 Å². The molecule has 0 aliphatic carbocycles. The predicted octanol–water partition coefficient (Wildman–Crippen LogP) is 1.65. The van der Waals surface area contributed by atoms with Gasteiger partial charge in [-0.3, -0.25) is 0 Å². The van der Waals surface area contributed by atoms with Crippen LogP contribution in [-0.4, -0.2) is 22.4 Å². The molecule has 1 aromatic rings. The smallest absolute Gasteiger partial charge is 0.186 e. The highest BCUT2D eigenvalue weighted by molar-refractivity contribution is 7.80. The number of rotatable bonds is 1. The Morgan fingerprint density at radius 2 is 2.33 bits per heavy atom. The molecule has 1 aliphatic heterocycles. The molecule has 0 fully saturated rings. The van der Waals surface area contributed by atoms with Crippen LogP contribution in [-0.2, 0) is 0 Å². The lowest BCUT2D eigenvalue weighted by Crippen LogP contribution is -2.28. The summed E-state index contributed by atoms with van der Waals surface area (Å²) in [4.78, 5) is 0. The first kappa shape index (κ1) is 10.1. The van der Waals surface area contributed by atoms with E-state index in [1.165, 1.54) is 5.56 Å². The van der Waals surface area contributed by atoms with E-state index in [-0.39, 0.29) is 0 Å². The zero-order chi connectivity index (χ0) is 10.8. The van der Waals surface area contributed by atoms with Crippen molar-refractivity contribution < 1.29 is 0 Å². The van der Waals surface area contributed by atoms with Crippen LogP contribution in [0.5, 0.6) is 0 Å². The maximum atomic E-state index is 5.52. The maximum Gasteiger partial charge on any atom is 0.186 e. The third-order valence-corrected chi connectivity index (χ3v) is 2.62. The summed E-state index contributed by atoms with van der Waals surface area (Å²) in [5.74, 6) is 0. The van der Waals surface area contributed by atoms with Gasteiger partial charge in [0.25, 0.3) is 0 Å². The molecule has 78 valence electrons. The molecule has 0 unspecified atom stereocenters. The van der Waals surface area contributed by atoms with Crippen LogP contribution < -0.4 is 5.73 Å². The van der Waals surface area contributed by atoms with E-state index in [0.717, 1.165) is 24.2 Å². The highest BCUT2D eigenvalue weighted by atomic mass is 32.1. The molecule has 15 heavy (non-hydrogen) atoms. The SMILES string of the molecule is Cc1cccc(C2=NN(C(N)=S)CC2)c1. The molecule has 0 spiro atoms. The van der Waals surface area contributed by atoms with Crippen LogP contribution in [0.3, 0.4) is 0 Å². The summed E-state index contributed by atoms with van der Waals surface area (Å²) in [7, 11) is 0. The Balaban J connectivity index is 2.26. The molecule has 0 saturated carbocycles. The molecule has 4 heteroatoms. The van der Waals surface area contributed by atoms with Crippen molar-refractivity contribution >= 4 is 23.0 Å². The van der Waals surface area contributed by atoms with Crippen LogP contribution in [0, 0.1) is 6.92 Å². The standard InChI is InChI=1S/C11H13N3S/c1-8-3-2-4-9(7-8)10-5-6-14(13-10)11(12)15/h2-4,7H,5-6H2,1H3,(H2,12,15). The Bertz CT molecular complexity index is 426.